The number of rotatable bonds is 14. The molecule has 6 nitrogen and oxygen atoms in total. The number of alkyl carbamates (subject to hydrolysis) is 1. The van der Waals surface area contributed by atoms with Crippen molar-refractivity contribution in [3.05, 3.63) is 77.9 Å². The average molecular weight is 536 g/mol. The number of Topliss-reactive ketones (excluding diaryl/α,β-unsaturated/α-hetero) is 1. The minimum atomic E-state index is -0.784. The zero-order chi connectivity index (χ0) is 29.2. The Balaban J connectivity index is 1.92. The molecule has 0 aliphatic carbocycles. The molecule has 0 aliphatic rings. The molecule has 2 unspecified atom stereocenters. The van der Waals surface area contributed by atoms with Crippen LogP contribution in [-0.2, 0) is 24.6 Å². The summed E-state index contributed by atoms with van der Waals surface area (Å²) in [5.41, 5.74) is 2.54. The van der Waals surface area contributed by atoms with E-state index in [1.807, 2.05) is 96.1 Å². The number of carbonyl (C=O) groups is 3. The number of nitrogens with one attached hydrogen (secondary N) is 1. The number of allylic oxidation sites excluding steroid dienone is 1. The van der Waals surface area contributed by atoms with Crippen molar-refractivity contribution in [2.45, 2.75) is 79.2 Å². The molecule has 0 radical (unpaired) electrons. The zero-order valence-corrected chi connectivity index (χ0v) is 24.6. The highest BCUT2D eigenvalue weighted by Gasteiger charge is 2.34. The summed E-state index contributed by atoms with van der Waals surface area (Å²) >= 11 is 0. The van der Waals surface area contributed by atoms with Crippen LogP contribution in [0.3, 0.4) is 0 Å². The third kappa shape index (κ3) is 9.68. The van der Waals surface area contributed by atoms with E-state index in [0.717, 1.165) is 28.7 Å². The fourth-order valence-electron chi connectivity index (χ4n) is 4.73. The molecular formula is C33H45NO5. The van der Waals surface area contributed by atoms with Gasteiger partial charge < -0.3 is 14.8 Å². The first-order valence-corrected chi connectivity index (χ1v) is 13.7. The first-order chi connectivity index (χ1) is 18.3. The molecule has 0 heterocycles. The lowest BCUT2D eigenvalue weighted by Gasteiger charge is -2.30. The monoisotopic (exact) mass is 535 g/mol. The van der Waals surface area contributed by atoms with Gasteiger partial charge in [-0.15, -0.1) is 0 Å². The molecule has 2 aromatic rings. The third-order valence-corrected chi connectivity index (χ3v) is 7.26. The molecule has 39 heavy (non-hydrogen) atoms. The predicted molar refractivity (Wildman–Crippen MR) is 156 cm³/mol. The molecule has 2 aromatic carbocycles. The van der Waals surface area contributed by atoms with Gasteiger partial charge in [-0.05, 0) is 89.5 Å². The Bertz CT molecular complexity index is 1140. The van der Waals surface area contributed by atoms with Gasteiger partial charge in [0.05, 0.1) is 11.0 Å². The molecular weight excluding hydrogens is 490 g/mol. The Morgan fingerprint density at radius 2 is 1.56 bits per heavy atom. The van der Waals surface area contributed by atoms with Gasteiger partial charge >= 0.3 is 12.1 Å². The van der Waals surface area contributed by atoms with E-state index in [9.17, 15) is 14.4 Å². The van der Waals surface area contributed by atoms with Crippen LogP contribution in [0.25, 0.3) is 5.57 Å². The highest BCUT2D eigenvalue weighted by molar-refractivity contribution is 5.78. The molecule has 0 aliphatic heterocycles. The van der Waals surface area contributed by atoms with Gasteiger partial charge in [0.1, 0.15) is 19.0 Å². The zero-order valence-electron chi connectivity index (χ0n) is 24.6. The quantitative estimate of drug-likeness (QED) is 0.201. The van der Waals surface area contributed by atoms with Gasteiger partial charge in [-0.25, -0.2) is 4.79 Å². The van der Waals surface area contributed by atoms with Crippen LogP contribution in [-0.4, -0.2) is 31.1 Å². The molecule has 6 heteroatoms. The Kier molecular flexibility index (Phi) is 11.5. The van der Waals surface area contributed by atoms with E-state index in [1.165, 1.54) is 0 Å². The largest absolute Gasteiger partial charge is 0.462 e. The van der Waals surface area contributed by atoms with Crippen LogP contribution in [0.1, 0.15) is 90.3 Å². The molecule has 1 N–H and O–H groups in total. The van der Waals surface area contributed by atoms with Crippen LogP contribution < -0.4 is 5.32 Å². The predicted octanol–water partition coefficient (Wildman–Crippen LogP) is 7.43. The second-order valence-corrected chi connectivity index (χ2v) is 11.5. The van der Waals surface area contributed by atoms with Gasteiger partial charge in [0.15, 0.2) is 0 Å². The molecule has 0 bridgehead atoms. The topological polar surface area (TPSA) is 81.7 Å². The Morgan fingerprint density at radius 1 is 0.923 bits per heavy atom. The molecule has 0 fully saturated rings. The van der Waals surface area contributed by atoms with Crippen LogP contribution >= 0.6 is 0 Å². The average Bonchev–Trinajstić information content (AvgIpc) is 2.88. The number of carbonyl (C=O) groups excluding carboxylic acids is 3. The highest BCUT2D eigenvalue weighted by Crippen LogP contribution is 2.37. The van der Waals surface area contributed by atoms with E-state index >= 15 is 0 Å². The van der Waals surface area contributed by atoms with Gasteiger partial charge in [-0.1, -0.05) is 67.6 Å². The maximum atomic E-state index is 13.0. The first kappa shape index (κ1) is 31.8. The van der Waals surface area contributed by atoms with Crippen molar-refractivity contribution in [2.24, 2.45) is 11.3 Å². The lowest BCUT2D eigenvalue weighted by atomic mass is 9.75. The van der Waals surface area contributed by atoms with Crippen LogP contribution in [0.15, 0.2) is 61.2 Å². The number of esters is 1. The summed E-state index contributed by atoms with van der Waals surface area (Å²) in [5, 5.41) is 2.88. The maximum Gasteiger partial charge on any atom is 0.407 e. The van der Waals surface area contributed by atoms with Crippen LogP contribution in [0.5, 0.6) is 0 Å². The SMILES string of the molecule is C=C(C)c1cccc(C(C)(C)NC(=O)OCCOC(=O)C(C)(C)CC(CC(CC)C(C)=O)c2ccccc2)c1. The van der Waals surface area contributed by atoms with Crippen molar-refractivity contribution in [3.8, 4) is 0 Å². The number of ketones is 1. The second kappa shape index (κ2) is 14.1. The number of amides is 1. The van der Waals surface area contributed by atoms with E-state index in [1.54, 1.807) is 6.92 Å². The van der Waals surface area contributed by atoms with Crippen LogP contribution in [0.2, 0.25) is 0 Å². The van der Waals surface area contributed by atoms with Gasteiger partial charge in [-0.2, -0.15) is 0 Å². The van der Waals surface area contributed by atoms with E-state index < -0.39 is 17.0 Å². The van der Waals surface area contributed by atoms with Crippen molar-refractivity contribution < 1.29 is 23.9 Å². The van der Waals surface area contributed by atoms with Crippen molar-refractivity contribution in [1.82, 2.24) is 5.32 Å². The standard InChI is InChI=1S/C33H45NO5/c1-9-25(24(4)35)20-28(26-14-11-10-12-15-26)22-32(5,6)30(36)38-18-19-39-31(37)34-33(7,8)29-17-13-16-27(21-29)23(2)3/h10-17,21,25,28H,2,9,18-20,22H2,1,3-8H3,(H,34,37). The summed E-state index contributed by atoms with van der Waals surface area (Å²) in [5.74, 6) is -0.210. The minimum absolute atomic E-state index is 0.0373. The smallest absolute Gasteiger partial charge is 0.407 e. The van der Waals surface area contributed by atoms with E-state index in [0.29, 0.717) is 12.8 Å². The molecule has 1 amide bonds. The number of hydrogen-bond donors (Lipinski definition) is 1. The lowest BCUT2D eigenvalue weighted by Crippen LogP contribution is -2.41. The fraction of sp³-hybridized carbons (Fsp3) is 0.485. The number of hydrogen-bond acceptors (Lipinski definition) is 5. The highest BCUT2D eigenvalue weighted by atomic mass is 16.6. The molecule has 0 spiro atoms. The molecule has 0 saturated heterocycles. The summed E-state index contributed by atoms with van der Waals surface area (Å²) in [6, 6.07) is 17.8. The summed E-state index contributed by atoms with van der Waals surface area (Å²) in [7, 11) is 0. The molecule has 0 saturated carbocycles. The summed E-state index contributed by atoms with van der Waals surface area (Å²) in [4.78, 5) is 37.6. The maximum absolute atomic E-state index is 13.0. The summed E-state index contributed by atoms with van der Waals surface area (Å²) in [6.45, 7) is 17.0. The summed E-state index contributed by atoms with van der Waals surface area (Å²) in [6.07, 6.45) is 1.40. The molecule has 2 atom stereocenters. The Morgan fingerprint density at radius 3 is 2.15 bits per heavy atom. The van der Waals surface area contributed by atoms with E-state index in [2.05, 4.69) is 11.9 Å². The van der Waals surface area contributed by atoms with Crippen molar-refractivity contribution >= 4 is 23.4 Å². The minimum Gasteiger partial charge on any atom is -0.462 e. The number of ether oxygens (including phenoxy) is 2. The molecule has 0 aromatic heterocycles. The van der Waals surface area contributed by atoms with Crippen molar-refractivity contribution in [1.29, 1.82) is 0 Å². The fourth-order valence-corrected chi connectivity index (χ4v) is 4.73. The Labute approximate surface area is 234 Å². The van der Waals surface area contributed by atoms with Crippen LogP contribution in [0, 0.1) is 11.3 Å². The van der Waals surface area contributed by atoms with Gasteiger partial charge in [0.25, 0.3) is 0 Å². The molecule has 2 rings (SSSR count). The lowest BCUT2D eigenvalue weighted by molar-refractivity contribution is -0.155. The first-order valence-electron chi connectivity index (χ1n) is 13.7. The second-order valence-electron chi connectivity index (χ2n) is 11.5. The van der Waals surface area contributed by atoms with Gasteiger partial charge in [-0.3, -0.25) is 9.59 Å². The molecule has 212 valence electrons. The number of benzene rings is 2. The van der Waals surface area contributed by atoms with Crippen molar-refractivity contribution in [3.63, 3.8) is 0 Å². The third-order valence-electron chi connectivity index (χ3n) is 7.26. The van der Waals surface area contributed by atoms with Gasteiger partial charge in [0, 0.05) is 5.92 Å². The van der Waals surface area contributed by atoms with Crippen LogP contribution in [0.4, 0.5) is 4.79 Å². The summed E-state index contributed by atoms with van der Waals surface area (Å²) < 4.78 is 10.8. The normalized spacial score (nSPS) is 13.2. The van der Waals surface area contributed by atoms with Crippen molar-refractivity contribution in [2.75, 3.05) is 13.2 Å². The van der Waals surface area contributed by atoms with E-state index in [4.69, 9.17) is 9.47 Å². The van der Waals surface area contributed by atoms with Gasteiger partial charge in [0.2, 0.25) is 0 Å². The Hall–Kier alpha value is -3.41. The van der Waals surface area contributed by atoms with E-state index in [-0.39, 0.29) is 36.8 Å².